The van der Waals surface area contributed by atoms with Crippen LogP contribution in [0.2, 0.25) is 0 Å². The van der Waals surface area contributed by atoms with Gasteiger partial charge in [0, 0.05) is 49.8 Å². The minimum atomic E-state index is -0.164. The van der Waals surface area contributed by atoms with Crippen LogP contribution in [-0.2, 0) is 4.79 Å². The highest BCUT2D eigenvalue weighted by Gasteiger charge is 2.23. The van der Waals surface area contributed by atoms with Crippen molar-refractivity contribution in [2.75, 3.05) is 54.2 Å². The molecule has 3 aromatic rings. The van der Waals surface area contributed by atoms with Crippen molar-refractivity contribution in [3.63, 3.8) is 0 Å². The SMILES string of the molecule is COc1ccccc1N1CCN(c2nccnc2SCC(=O)Nc2cccc(C(C)=O)c2)CC1. The molecule has 0 bridgehead atoms. The molecule has 0 aliphatic carbocycles. The third kappa shape index (κ3) is 5.66. The van der Waals surface area contributed by atoms with Crippen LogP contribution < -0.4 is 19.9 Å². The standard InChI is InChI=1S/C25H27N5O3S/c1-18(31)19-6-5-7-20(16-19)28-23(32)17-34-25-24(26-10-11-27-25)30-14-12-29(13-15-30)21-8-3-4-9-22(21)33-2/h3-11,16H,12-15,17H2,1-2H3,(H,28,32). The number of anilines is 3. The molecule has 1 fully saturated rings. The van der Waals surface area contributed by atoms with Gasteiger partial charge in [0.05, 0.1) is 18.6 Å². The van der Waals surface area contributed by atoms with Crippen molar-refractivity contribution in [2.24, 2.45) is 0 Å². The van der Waals surface area contributed by atoms with E-state index in [1.807, 2.05) is 18.2 Å². The number of para-hydroxylation sites is 2. The summed E-state index contributed by atoms with van der Waals surface area (Å²) in [4.78, 5) is 37.6. The number of nitrogens with one attached hydrogen (secondary N) is 1. The van der Waals surface area contributed by atoms with Gasteiger partial charge in [-0.15, -0.1) is 0 Å². The number of amides is 1. The molecule has 0 saturated carbocycles. The fourth-order valence-electron chi connectivity index (χ4n) is 3.83. The predicted octanol–water partition coefficient (Wildman–Crippen LogP) is 3.75. The summed E-state index contributed by atoms with van der Waals surface area (Å²) in [6.07, 6.45) is 3.32. The van der Waals surface area contributed by atoms with Crippen molar-refractivity contribution >= 4 is 40.6 Å². The highest BCUT2D eigenvalue weighted by atomic mass is 32.2. The van der Waals surface area contributed by atoms with Crippen LogP contribution in [0.1, 0.15) is 17.3 Å². The highest BCUT2D eigenvalue weighted by molar-refractivity contribution is 8.00. The average Bonchev–Trinajstić information content (AvgIpc) is 2.88. The Morgan fingerprint density at radius 2 is 1.74 bits per heavy atom. The molecule has 0 radical (unpaired) electrons. The molecule has 2 heterocycles. The van der Waals surface area contributed by atoms with E-state index in [1.165, 1.54) is 18.7 Å². The molecule has 0 spiro atoms. The van der Waals surface area contributed by atoms with Crippen LogP contribution in [0.15, 0.2) is 66.0 Å². The minimum absolute atomic E-state index is 0.0412. The Bertz CT molecular complexity index is 1160. The maximum Gasteiger partial charge on any atom is 0.234 e. The summed E-state index contributed by atoms with van der Waals surface area (Å²) in [6.45, 7) is 4.73. The highest BCUT2D eigenvalue weighted by Crippen LogP contribution is 2.31. The Labute approximate surface area is 203 Å². The Kier molecular flexibility index (Phi) is 7.64. The number of ketones is 1. The molecular weight excluding hydrogens is 450 g/mol. The van der Waals surface area contributed by atoms with E-state index in [9.17, 15) is 9.59 Å². The number of methoxy groups -OCH3 is 1. The number of piperazine rings is 1. The fourth-order valence-corrected chi connectivity index (χ4v) is 4.62. The van der Waals surface area contributed by atoms with Crippen LogP contribution in [0.25, 0.3) is 0 Å². The first-order chi connectivity index (χ1) is 16.5. The van der Waals surface area contributed by atoms with Gasteiger partial charge in [-0.05, 0) is 31.2 Å². The number of thioether (sulfide) groups is 1. The molecular formula is C25H27N5O3S. The van der Waals surface area contributed by atoms with Crippen molar-refractivity contribution in [1.82, 2.24) is 9.97 Å². The molecule has 1 aromatic heterocycles. The van der Waals surface area contributed by atoms with Crippen molar-refractivity contribution in [1.29, 1.82) is 0 Å². The van der Waals surface area contributed by atoms with Crippen LogP contribution in [0.4, 0.5) is 17.2 Å². The molecule has 1 aliphatic rings. The molecule has 0 atom stereocenters. The Hall–Kier alpha value is -3.59. The van der Waals surface area contributed by atoms with E-state index < -0.39 is 0 Å². The first-order valence-corrected chi connectivity index (χ1v) is 12.0. The predicted molar refractivity (Wildman–Crippen MR) is 135 cm³/mol. The Morgan fingerprint density at radius 3 is 2.50 bits per heavy atom. The Balaban J connectivity index is 1.36. The normalized spacial score (nSPS) is 13.5. The number of hydrogen-bond donors (Lipinski definition) is 1. The molecule has 176 valence electrons. The maximum atomic E-state index is 12.5. The van der Waals surface area contributed by atoms with Gasteiger partial charge in [-0.25, -0.2) is 9.97 Å². The van der Waals surface area contributed by atoms with E-state index in [0.717, 1.165) is 48.5 Å². The van der Waals surface area contributed by atoms with Crippen LogP contribution in [0, 0.1) is 0 Å². The van der Waals surface area contributed by atoms with E-state index in [1.54, 1.807) is 43.8 Å². The molecule has 0 unspecified atom stereocenters. The second kappa shape index (κ2) is 11.0. The van der Waals surface area contributed by atoms with Gasteiger partial charge >= 0.3 is 0 Å². The van der Waals surface area contributed by atoms with Crippen LogP contribution in [0.5, 0.6) is 5.75 Å². The second-order valence-corrected chi connectivity index (χ2v) is 8.77. The van der Waals surface area contributed by atoms with Gasteiger partial charge in [-0.3, -0.25) is 9.59 Å². The van der Waals surface area contributed by atoms with Crippen molar-refractivity contribution in [2.45, 2.75) is 11.9 Å². The van der Waals surface area contributed by atoms with E-state index in [0.29, 0.717) is 11.3 Å². The van der Waals surface area contributed by atoms with Gasteiger partial charge in [-0.2, -0.15) is 0 Å². The van der Waals surface area contributed by atoms with Gasteiger partial charge in [-0.1, -0.05) is 36.0 Å². The largest absolute Gasteiger partial charge is 0.495 e. The number of Topliss-reactive ketones (excluding diaryl/α,β-unsaturated/α-hetero) is 1. The quantitative estimate of drug-likeness (QED) is 0.388. The van der Waals surface area contributed by atoms with E-state index >= 15 is 0 Å². The van der Waals surface area contributed by atoms with Crippen molar-refractivity contribution in [3.8, 4) is 5.75 Å². The summed E-state index contributed by atoms with van der Waals surface area (Å²) in [7, 11) is 1.69. The van der Waals surface area contributed by atoms with Gasteiger partial charge in [0.1, 0.15) is 10.8 Å². The molecule has 1 N–H and O–H groups in total. The average molecular weight is 478 g/mol. The minimum Gasteiger partial charge on any atom is -0.495 e. The van der Waals surface area contributed by atoms with Crippen LogP contribution in [-0.4, -0.2) is 60.7 Å². The number of carbonyl (C=O) groups is 2. The summed E-state index contributed by atoms with van der Waals surface area (Å²) in [5, 5.41) is 3.57. The molecule has 1 amide bonds. The van der Waals surface area contributed by atoms with Crippen LogP contribution in [0.3, 0.4) is 0 Å². The van der Waals surface area contributed by atoms with Crippen molar-refractivity contribution in [3.05, 3.63) is 66.5 Å². The second-order valence-electron chi connectivity index (χ2n) is 7.80. The first-order valence-electron chi connectivity index (χ1n) is 11.0. The molecule has 4 rings (SSSR count). The summed E-state index contributed by atoms with van der Waals surface area (Å²) in [6, 6.07) is 15.0. The molecule has 9 heteroatoms. The first kappa shape index (κ1) is 23.6. The zero-order valence-corrected chi connectivity index (χ0v) is 20.0. The number of aromatic nitrogens is 2. The third-order valence-electron chi connectivity index (χ3n) is 5.54. The van der Waals surface area contributed by atoms with E-state index in [-0.39, 0.29) is 17.4 Å². The van der Waals surface area contributed by atoms with E-state index in [2.05, 4.69) is 31.2 Å². The lowest BCUT2D eigenvalue weighted by atomic mass is 10.1. The summed E-state index contributed by atoms with van der Waals surface area (Å²) < 4.78 is 5.51. The number of rotatable bonds is 8. The van der Waals surface area contributed by atoms with Gasteiger partial charge in [0.15, 0.2) is 11.6 Å². The van der Waals surface area contributed by atoms with Crippen LogP contribution >= 0.6 is 11.8 Å². The molecule has 2 aromatic carbocycles. The summed E-state index contributed by atoms with van der Waals surface area (Å²) >= 11 is 1.35. The number of carbonyl (C=O) groups excluding carboxylic acids is 2. The zero-order valence-electron chi connectivity index (χ0n) is 19.2. The molecule has 1 saturated heterocycles. The summed E-state index contributed by atoms with van der Waals surface area (Å²) in [5.74, 6) is 1.64. The lowest BCUT2D eigenvalue weighted by Gasteiger charge is -2.37. The molecule has 1 aliphatic heterocycles. The van der Waals surface area contributed by atoms with Gasteiger partial charge < -0.3 is 19.9 Å². The number of ether oxygens (including phenoxy) is 1. The number of hydrogen-bond acceptors (Lipinski definition) is 8. The number of benzene rings is 2. The Morgan fingerprint density at radius 1 is 1.00 bits per heavy atom. The van der Waals surface area contributed by atoms with E-state index in [4.69, 9.17) is 4.74 Å². The van der Waals surface area contributed by atoms with Gasteiger partial charge in [0.2, 0.25) is 5.91 Å². The zero-order chi connectivity index (χ0) is 23.9. The van der Waals surface area contributed by atoms with Crippen molar-refractivity contribution < 1.29 is 14.3 Å². The maximum absolute atomic E-state index is 12.5. The topological polar surface area (TPSA) is 87.7 Å². The lowest BCUT2D eigenvalue weighted by molar-refractivity contribution is -0.113. The third-order valence-corrected chi connectivity index (χ3v) is 6.51. The molecule has 8 nitrogen and oxygen atoms in total. The fraction of sp³-hybridized carbons (Fsp3) is 0.280. The lowest BCUT2D eigenvalue weighted by Crippen LogP contribution is -2.47. The molecule has 34 heavy (non-hydrogen) atoms. The van der Waals surface area contributed by atoms with Gasteiger partial charge in [0.25, 0.3) is 0 Å². The monoisotopic (exact) mass is 477 g/mol. The summed E-state index contributed by atoms with van der Waals surface area (Å²) in [5.41, 5.74) is 2.25. The smallest absolute Gasteiger partial charge is 0.234 e. The number of nitrogens with zero attached hydrogens (tertiary/aromatic N) is 4.